The highest BCUT2D eigenvalue weighted by Gasteiger charge is 2.36. The highest BCUT2D eigenvalue weighted by molar-refractivity contribution is 5.89. The average molecular weight is 444 g/mol. The first kappa shape index (κ1) is 19.2. The predicted octanol–water partition coefficient (Wildman–Crippen LogP) is 3.29. The van der Waals surface area contributed by atoms with Gasteiger partial charge in [-0.15, -0.1) is 0 Å². The number of rotatable bonds is 2. The van der Waals surface area contributed by atoms with Crippen molar-refractivity contribution in [2.24, 2.45) is 5.92 Å². The van der Waals surface area contributed by atoms with E-state index in [9.17, 15) is 0 Å². The number of fused-ring (bicyclic) bond motifs is 5. The summed E-state index contributed by atoms with van der Waals surface area (Å²) in [6, 6.07) is 2.12. The molecule has 4 aromatic rings. The summed E-state index contributed by atoms with van der Waals surface area (Å²) in [5.74, 6) is 2.80. The molecule has 0 aromatic carbocycles. The SMILES string of the molecule is Cc1c[nH]c2ncc(-c3nc(N4C=C5COCC5C4)c4nc5n(c4n3)CCOC5(C)C)cc12. The second-order valence-electron chi connectivity index (χ2n) is 9.65. The third-order valence-corrected chi connectivity index (χ3v) is 7.01. The van der Waals surface area contributed by atoms with Crippen LogP contribution in [-0.2, 0) is 21.6 Å². The minimum atomic E-state index is -0.479. The largest absolute Gasteiger partial charge is 0.376 e. The van der Waals surface area contributed by atoms with Gasteiger partial charge in [0, 0.05) is 48.6 Å². The lowest BCUT2D eigenvalue weighted by atomic mass is 10.1. The van der Waals surface area contributed by atoms with Gasteiger partial charge in [-0.25, -0.2) is 19.9 Å². The molecule has 9 nitrogen and oxygen atoms in total. The molecule has 0 bridgehead atoms. The second-order valence-corrected chi connectivity index (χ2v) is 9.65. The molecule has 7 rings (SSSR count). The number of ether oxygens (including phenoxy) is 2. The van der Waals surface area contributed by atoms with Gasteiger partial charge in [-0.05, 0) is 38.0 Å². The van der Waals surface area contributed by atoms with E-state index < -0.39 is 5.60 Å². The molecule has 4 aromatic heterocycles. The minimum Gasteiger partial charge on any atom is -0.376 e. The Morgan fingerprint density at radius 1 is 1.21 bits per heavy atom. The van der Waals surface area contributed by atoms with Gasteiger partial charge in [0.15, 0.2) is 22.8 Å². The van der Waals surface area contributed by atoms with Crippen LogP contribution in [0.5, 0.6) is 0 Å². The summed E-state index contributed by atoms with van der Waals surface area (Å²) >= 11 is 0. The topological polar surface area (TPSA) is 94.0 Å². The van der Waals surface area contributed by atoms with Crippen molar-refractivity contribution < 1.29 is 9.47 Å². The van der Waals surface area contributed by atoms with Crippen molar-refractivity contribution in [3.05, 3.63) is 41.6 Å². The molecule has 7 heterocycles. The third kappa shape index (κ3) is 2.79. The summed E-state index contributed by atoms with van der Waals surface area (Å²) in [6.45, 7) is 9.84. The summed E-state index contributed by atoms with van der Waals surface area (Å²) in [5, 5.41) is 1.08. The highest BCUT2D eigenvalue weighted by Crippen LogP contribution is 2.38. The van der Waals surface area contributed by atoms with E-state index in [4.69, 9.17) is 24.4 Å². The number of aryl methyl sites for hydroxylation is 1. The Morgan fingerprint density at radius 2 is 2.12 bits per heavy atom. The van der Waals surface area contributed by atoms with Crippen LogP contribution in [0.2, 0.25) is 0 Å². The lowest BCUT2D eigenvalue weighted by molar-refractivity contribution is -0.0530. The standard InChI is InChI=1S/C24H25N7O2/c1-13-7-25-20-17(13)6-14(8-26-20)19-28-21(30-9-15-11-32-12-16(15)10-30)18-22(29-19)31-4-5-33-24(2,3)23(31)27-18/h6-9,16H,4-5,10-12H2,1-3H3,(H,25,26). The fourth-order valence-corrected chi connectivity index (χ4v) is 5.20. The molecule has 1 N–H and O–H groups in total. The van der Waals surface area contributed by atoms with Crippen LogP contribution in [0.25, 0.3) is 33.6 Å². The van der Waals surface area contributed by atoms with Crippen molar-refractivity contribution in [2.45, 2.75) is 32.9 Å². The molecular weight excluding hydrogens is 418 g/mol. The van der Waals surface area contributed by atoms with Gasteiger partial charge in [-0.1, -0.05) is 0 Å². The molecule has 0 spiro atoms. The quantitative estimate of drug-likeness (QED) is 0.508. The van der Waals surface area contributed by atoms with E-state index in [1.807, 2.05) is 12.4 Å². The molecule has 3 aliphatic rings. The van der Waals surface area contributed by atoms with Gasteiger partial charge < -0.3 is 23.9 Å². The average Bonchev–Trinajstić information content (AvgIpc) is 3.56. The second kappa shape index (κ2) is 6.61. The van der Waals surface area contributed by atoms with E-state index in [0.29, 0.717) is 25.0 Å². The smallest absolute Gasteiger partial charge is 0.166 e. The van der Waals surface area contributed by atoms with Crippen LogP contribution in [-0.4, -0.2) is 55.9 Å². The molecule has 0 amide bonds. The Labute approximate surface area is 190 Å². The first-order valence-corrected chi connectivity index (χ1v) is 11.4. The van der Waals surface area contributed by atoms with Gasteiger partial charge in [0.05, 0.1) is 19.8 Å². The molecule has 1 unspecified atom stereocenters. The highest BCUT2D eigenvalue weighted by atomic mass is 16.5. The minimum absolute atomic E-state index is 0.413. The molecule has 1 atom stereocenters. The Bertz CT molecular complexity index is 1460. The predicted molar refractivity (Wildman–Crippen MR) is 124 cm³/mol. The van der Waals surface area contributed by atoms with Crippen LogP contribution in [0.4, 0.5) is 5.82 Å². The Hall–Kier alpha value is -3.30. The zero-order chi connectivity index (χ0) is 22.3. The van der Waals surface area contributed by atoms with Crippen molar-refractivity contribution in [1.82, 2.24) is 29.5 Å². The summed E-state index contributed by atoms with van der Waals surface area (Å²) in [5.41, 5.74) is 5.42. The fourth-order valence-electron chi connectivity index (χ4n) is 5.20. The molecule has 9 heteroatoms. The van der Waals surface area contributed by atoms with E-state index in [-0.39, 0.29) is 0 Å². The van der Waals surface area contributed by atoms with Crippen LogP contribution >= 0.6 is 0 Å². The number of nitrogens with one attached hydrogen (secondary N) is 1. The number of aromatic nitrogens is 6. The number of H-pyrrole nitrogens is 1. The summed E-state index contributed by atoms with van der Waals surface area (Å²) in [7, 11) is 0. The van der Waals surface area contributed by atoms with Gasteiger partial charge in [0.25, 0.3) is 0 Å². The van der Waals surface area contributed by atoms with Gasteiger partial charge in [0.1, 0.15) is 17.1 Å². The van der Waals surface area contributed by atoms with E-state index in [2.05, 4.69) is 52.5 Å². The monoisotopic (exact) mass is 443 g/mol. The molecule has 33 heavy (non-hydrogen) atoms. The summed E-state index contributed by atoms with van der Waals surface area (Å²) < 4.78 is 13.9. The molecule has 1 fully saturated rings. The summed E-state index contributed by atoms with van der Waals surface area (Å²) in [6.07, 6.45) is 6.00. The normalized spacial score (nSPS) is 21.6. The van der Waals surface area contributed by atoms with Crippen LogP contribution < -0.4 is 4.90 Å². The molecule has 1 saturated heterocycles. The number of hydrogen-bond acceptors (Lipinski definition) is 7. The molecular formula is C24H25N7O2. The van der Waals surface area contributed by atoms with Crippen molar-refractivity contribution in [1.29, 1.82) is 0 Å². The van der Waals surface area contributed by atoms with Gasteiger partial charge in [-0.3, -0.25) is 0 Å². The first-order valence-electron chi connectivity index (χ1n) is 11.4. The zero-order valence-electron chi connectivity index (χ0n) is 18.9. The lowest BCUT2D eigenvalue weighted by Gasteiger charge is -2.30. The van der Waals surface area contributed by atoms with Crippen LogP contribution in [0.1, 0.15) is 25.2 Å². The van der Waals surface area contributed by atoms with E-state index in [1.54, 1.807) is 0 Å². The fraction of sp³-hybridized carbons (Fsp3) is 0.417. The van der Waals surface area contributed by atoms with E-state index in [0.717, 1.165) is 64.7 Å². The number of pyridine rings is 1. The Balaban J connectivity index is 1.47. The van der Waals surface area contributed by atoms with Crippen LogP contribution in [0, 0.1) is 12.8 Å². The maximum Gasteiger partial charge on any atom is 0.166 e. The van der Waals surface area contributed by atoms with Crippen LogP contribution in [0.15, 0.2) is 30.2 Å². The van der Waals surface area contributed by atoms with Gasteiger partial charge >= 0.3 is 0 Å². The van der Waals surface area contributed by atoms with Gasteiger partial charge in [0.2, 0.25) is 0 Å². The molecule has 3 aliphatic heterocycles. The molecule has 0 aliphatic carbocycles. The third-order valence-electron chi connectivity index (χ3n) is 7.01. The van der Waals surface area contributed by atoms with Crippen molar-refractivity contribution in [2.75, 3.05) is 31.3 Å². The van der Waals surface area contributed by atoms with Crippen molar-refractivity contribution in [3.8, 4) is 11.4 Å². The number of aromatic amines is 1. The maximum atomic E-state index is 6.03. The lowest BCUT2D eigenvalue weighted by Crippen LogP contribution is -2.33. The van der Waals surface area contributed by atoms with Crippen molar-refractivity contribution >= 4 is 28.0 Å². The van der Waals surface area contributed by atoms with Crippen LogP contribution in [0.3, 0.4) is 0 Å². The van der Waals surface area contributed by atoms with Crippen molar-refractivity contribution in [3.63, 3.8) is 0 Å². The summed E-state index contributed by atoms with van der Waals surface area (Å²) in [4.78, 5) is 25.1. The zero-order valence-corrected chi connectivity index (χ0v) is 18.9. The first-order chi connectivity index (χ1) is 16.0. The molecule has 168 valence electrons. The number of hydrogen-bond donors (Lipinski definition) is 1. The van der Waals surface area contributed by atoms with Gasteiger partial charge in [-0.2, -0.15) is 0 Å². The Morgan fingerprint density at radius 3 is 3.00 bits per heavy atom. The number of imidazole rings is 1. The van der Waals surface area contributed by atoms with E-state index in [1.165, 1.54) is 5.57 Å². The molecule has 0 saturated carbocycles. The Kier molecular flexibility index (Phi) is 3.85. The maximum absolute atomic E-state index is 6.03. The molecule has 0 radical (unpaired) electrons. The number of anilines is 1. The number of nitrogens with zero attached hydrogens (tertiary/aromatic N) is 6. The van der Waals surface area contributed by atoms with E-state index >= 15 is 0 Å².